The Labute approximate surface area is 124 Å². The Kier molecular flexibility index (Phi) is 6.04. The van der Waals surface area contributed by atoms with E-state index in [1.54, 1.807) is 0 Å². The molecule has 3 heteroatoms. The monoisotopic (exact) mass is 284 g/mol. The van der Waals surface area contributed by atoms with Crippen LogP contribution in [-0.4, -0.2) is 47.6 Å². The van der Waals surface area contributed by atoms with Gasteiger partial charge >= 0.3 is 0 Å². The normalized spacial score (nSPS) is 38.5. The summed E-state index contributed by atoms with van der Waals surface area (Å²) in [5.74, 6) is 0.804. The van der Waals surface area contributed by atoms with Crippen LogP contribution in [0.2, 0.25) is 0 Å². The van der Waals surface area contributed by atoms with E-state index >= 15 is 0 Å². The van der Waals surface area contributed by atoms with E-state index in [0.717, 1.165) is 23.3 Å². The topological polar surface area (TPSA) is 15.3 Å². The number of hydrogen-bond acceptors (Lipinski definition) is 3. The molecule has 112 valence electrons. The Morgan fingerprint density at radius 2 is 2.11 bits per heavy atom. The van der Waals surface area contributed by atoms with E-state index in [1.165, 1.54) is 45.2 Å². The Balaban J connectivity index is 1.98. The first kappa shape index (κ1) is 15.7. The third kappa shape index (κ3) is 3.68. The fraction of sp³-hybridized carbons (Fsp3) is 1.00. The molecule has 1 aliphatic carbocycles. The Morgan fingerprint density at radius 1 is 1.32 bits per heavy atom. The van der Waals surface area contributed by atoms with Crippen molar-refractivity contribution in [3.05, 3.63) is 0 Å². The zero-order valence-electron chi connectivity index (χ0n) is 13.2. The Morgan fingerprint density at radius 3 is 2.68 bits per heavy atom. The predicted molar refractivity (Wildman–Crippen MR) is 87.0 cm³/mol. The molecule has 1 heterocycles. The summed E-state index contributed by atoms with van der Waals surface area (Å²) in [5.41, 5.74) is 0. The van der Waals surface area contributed by atoms with Crippen molar-refractivity contribution < 1.29 is 0 Å². The molecule has 0 amide bonds. The molecule has 0 aromatic carbocycles. The van der Waals surface area contributed by atoms with Crippen LogP contribution in [0.1, 0.15) is 52.9 Å². The highest BCUT2D eigenvalue weighted by atomic mass is 32.2. The summed E-state index contributed by atoms with van der Waals surface area (Å²) >= 11 is 2.08. The van der Waals surface area contributed by atoms with Gasteiger partial charge in [0.15, 0.2) is 0 Å². The van der Waals surface area contributed by atoms with Crippen molar-refractivity contribution in [3.8, 4) is 0 Å². The highest BCUT2D eigenvalue weighted by molar-refractivity contribution is 7.99. The van der Waals surface area contributed by atoms with Gasteiger partial charge in [-0.3, -0.25) is 4.90 Å². The SMILES string of the molecule is CCC(C)C1CN(C2CCC(SC)C2)C(CC)CN1. The van der Waals surface area contributed by atoms with Crippen LogP contribution < -0.4 is 5.32 Å². The number of rotatable bonds is 5. The van der Waals surface area contributed by atoms with Gasteiger partial charge in [-0.05, 0) is 37.9 Å². The van der Waals surface area contributed by atoms with Gasteiger partial charge in [0.05, 0.1) is 0 Å². The van der Waals surface area contributed by atoms with Crippen LogP contribution in [-0.2, 0) is 0 Å². The van der Waals surface area contributed by atoms with Crippen LogP contribution in [0.25, 0.3) is 0 Å². The summed E-state index contributed by atoms with van der Waals surface area (Å²) in [6, 6.07) is 2.34. The van der Waals surface area contributed by atoms with E-state index in [0.29, 0.717) is 6.04 Å². The lowest BCUT2D eigenvalue weighted by atomic mass is 9.93. The molecule has 0 spiro atoms. The molecule has 19 heavy (non-hydrogen) atoms. The maximum absolute atomic E-state index is 3.80. The van der Waals surface area contributed by atoms with E-state index in [2.05, 4.69) is 49.0 Å². The molecule has 5 unspecified atom stereocenters. The standard InChI is InChI=1S/C16H32N2S/c1-5-12(3)16-11-18(13(6-2)10-17-16)14-7-8-15(9-14)19-4/h12-17H,5-11H2,1-4H3. The summed E-state index contributed by atoms with van der Waals surface area (Å²) in [5, 5.41) is 4.72. The summed E-state index contributed by atoms with van der Waals surface area (Å²) in [4.78, 5) is 2.86. The van der Waals surface area contributed by atoms with Crippen LogP contribution in [0.15, 0.2) is 0 Å². The lowest BCUT2D eigenvalue weighted by Crippen LogP contribution is -2.60. The highest BCUT2D eigenvalue weighted by Gasteiger charge is 2.36. The zero-order chi connectivity index (χ0) is 13.8. The number of nitrogens with zero attached hydrogens (tertiary/aromatic N) is 1. The van der Waals surface area contributed by atoms with E-state index in [-0.39, 0.29) is 0 Å². The number of thioether (sulfide) groups is 1. The summed E-state index contributed by atoms with van der Waals surface area (Å²) in [6.07, 6.45) is 9.14. The van der Waals surface area contributed by atoms with Crippen LogP contribution in [0.5, 0.6) is 0 Å². The molecule has 2 aliphatic rings. The largest absolute Gasteiger partial charge is 0.311 e. The Hall–Kier alpha value is 0.270. The van der Waals surface area contributed by atoms with Gasteiger partial charge in [0.2, 0.25) is 0 Å². The summed E-state index contributed by atoms with van der Waals surface area (Å²) in [6.45, 7) is 9.55. The van der Waals surface area contributed by atoms with Crippen molar-refractivity contribution in [3.63, 3.8) is 0 Å². The lowest BCUT2D eigenvalue weighted by molar-refractivity contribution is 0.0665. The van der Waals surface area contributed by atoms with Crippen molar-refractivity contribution in [1.29, 1.82) is 0 Å². The molecule has 2 rings (SSSR count). The van der Waals surface area contributed by atoms with Crippen LogP contribution in [0, 0.1) is 5.92 Å². The first-order chi connectivity index (χ1) is 9.19. The molecule has 2 nitrogen and oxygen atoms in total. The van der Waals surface area contributed by atoms with Gasteiger partial charge in [-0.15, -0.1) is 0 Å². The van der Waals surface area contributed by atoms with Gasteiger partial charge in [0, 0.05) is 36.5 Å². The molecular weight excluding hydrogens is 252 g/mol. The predicted octanol–water partition coefficient (Wildman–Crippen LogP) is 3.37. The van der Waals surface area contributed by atoms with Gasteiger partial charge in [0.25, 0.3) is 0 Å². The molecule has 1 aliphatic heterocycles. The van der Waals surface area contributed by atoms with Crippen LogP contribution in [0.3, 0.4) is 0 Å². The third-order valence-electron chi connectivity index (χ3n) is 5.45. The average molecular weight is 285 g/mol. The first-order valence-corrected chi connectivity index (χ1v) is 9.50. The smallest absolute Gasteiger partial charge is 0.0221 e. The number of nitrogens with one attached hydrogen (secondary N) is 1. The second-order valence-electron chi connectivity index (χ2n) is 6.48. The maximum atomic E-state index is 3.80. The van der Waals surface area contributed by atoms with E-state index in [4.69, 9.17) is 0 Å². The van der Waals surface area contributed by atoms with E-state index in [9.17, 15) is 0 Å². The fourth-order valence-electron chi connectivity index (χ4n) is 3.77. The third-order valence-corrected chi connectivity index (χ3v) is 6.55. The van der Waals surface area contributed by atoms with Crippen molar-refractivity contribution >= 4 is 11.8 Å². The molecule has 0 radical (unpaired) electrons. The van der Waals surface area contributed by atoms with Gasteiger partial charge in [-0.25, -0.2) is 0 Å². The van der Waals surface area contributed by atoms with Gasteiger partial charge in [-0.2, -0.15) is 11.8 Å². The van der Waals surface area contributed by atoms with Crippen LogP contribution >= 0.6 is 11.8 Å². The molecule has 1 saturated carbocycles. The van der Waals surface area contributed by atoms with Crippen molar-refractivity contribution in [1.82, 2.24) is 10.2 Å². The quantitative estimate of drug-likeness (QED) is 0.833. The molecular formula is C16H32N2S. The fourth-order valence-corrected chi connectivity index (χ4v) is 4.56. The molecule has 1 saturated heterocycles. The van der Waals surface area contributed by atoms with Crippen molar-refractivity contribution in [2.24, 2.45) is 5.92 Å². The molecule has 1 N–H and O–H groups in total. The number of hydrogen-bond donors (Lipinski definition) is 1. The minimum absolute atomic E-state index is 0.709. The maximum Gasteiger partial charge on any atom is 0.0221 e. The van der Waals surface area contributed by atoms with Gasteiger partial charge in [-0.1, -0.05) is 27.2 Å². The molecule has 0 aromatic rings. The second kappa shape index (κ2) is 7.33. The van der Waals surface area contributed by atoms with Gasteiger partial charge in [0.1, 0.15) is 0 Å². The van der Waals surface area contributed by atoms with E-state index in [1.807, 2.05) is 0 Å². The number of piperazine rings is 1. The van der Waals surface area contributed by atoms with Gasteiger partial charge < -0.3 is 5.32 Å². The van der Waals surface area contributed by atoms with Crippen LogP contribution in [0.4, 0.5) is 0 Å². The van der Waals surface area contributed by atoms with E-state index < -0.39 is 0 Å². The average Bonchev–Trinajstić information content (AvgIpc) is 2.94. The molecule has 0 bridgehead atoms. The molecule has 5 atom stereocenters. The lowest BCUT2D eigenvalue weighted by Gasteiger charge is -2.45. The second-order valence-corrected chi connectivity index (χ2v) is 7.62. The minimum Gasteiger partial charge on any atom is -0.311 e. The van der Waals surface area contributed by atoms with Crippen molar-refractivity contribution in [2.45, 2.75) is 76.3 Å². The Bertz CT molecular complexity index is 271. The summed E-state index contributed by atoms with van der Waals surface area (Å²) in [7, 11) is 0. The highest BCUT2D eigenvalue weighted by Crippen LogP contribution is 2.34. The zero-order valence-corrected chi connectivity index (χ0v) is 14.0. The summed E-state index contributed by atoms with van der Waals surface area (Å²) < 4.78 is 0. The molecule has 0 aromatic heterocycles. The minimum atomic E-state index is 0.709. The first-order valence-electron chi connectivity index (χ1n) is 8.21. The molecule has 2 fully saturated rings. The van der Waals surface area contributed by atoms with Crippen molar-refractivity contribution in [2.75, 3.05) is 19.3 Å².